The summed E-state index contributed by atoms with van der Waals surface area (Å²) in [6.45, 7) is 2.95. The Morgan fingerprint density at radius 2 is 1.92 bits per heavy atom. The van der Waals surface area contributed by atoms with Gasteiger partial charge in [0.15, 0.2) is 12.5 Å². The van der Waals surface area contributed by atoms with E-state index < -0.39 is 60.4 Å². The van der Waals surface area contributed by atoms with Crippen LogP contribution in [0.5, 0.6) is 0 Å². The number of hydrogen-bond donors (Lipinski definition) is 6. The molecule has 12 heteroatoms. The van der Waals surface area contributed by atoms with Crippen LogP contribution in [-0.2, 0) is 20.6 Å². The minimum absolute atomic E-state index is 0.00734. The van der Waals surface area contributed by atoms with Gasteiger partial charge in [-0.3, -0.25) is 14.3 Å². The Morgan fingerprint density at radius 3 is 2.58 bits per heavy atom. The van der Waals surface area contributed by atoms with Gasteiger partial charge in [-0.25, -0.2) is 4.79 Å². The molecule has 1 aromatic heterocycles. The molecule has 1 aromatic carbocycles. The van der Waals surface area contributed by atoms with Gasteiger partial charge < -0.3 is 40.6 Å². The smallest absolute Gasteiger partial charge is 0.330 e. The van der Waals surface area contributed by atoms with E-state index in [1.807, 2.05) is 19.1 Å². The molecule has 0 aliphatic carbocycles. The highest BCUT2D eigenvalue weighted by Crippen LogP contribution is 2.32. The number of aromatic amines is 1. The van der Waals surface area contributed by atoms with Gasteiger partial charge >= 0.3 is 5.69 Å². The number of nitrogens with zero attached hydrogens (tertiary/aromatic N) is 1. The SMILES string of the molecule is Cc1ccc(CCNC[C@H](O[C@@H]2O[C@H](CN)[C@@H](O)[C@H]2O)[C@@H]2C[C@@H](O)[C@H](n3ccc(=O)[nH]c3=O)O2)cc1. The van der Waals surface area contributed by atoms with Crippen molar-refractivity contribution in [1.29, 1.82) is 0 Å². The van der Waals surface area contributed by atoms with Crippen LogP contribution >= 0.6 is 0 Å². The summed E-state index contributed by atoms with van der Waals surface area (Å²) in [5.74, 6) is 0. The van der Waals surface area contributed by atoms with Crippen LogP contribution in [0.25, 0.3) is 0 Å². The zero-order chi connectivity index (χ0) is 25.8. The number of aromatic nitrogens is 2. The minimum atomic E-state index is -1.31. The van der Waals surface area contributed by atoms with Crippen molar-refractivity contribution in [2.75, 3.05) is 19.6 Å². The maximum absolute atomic E-state index is 12.2. The summed E-state index contributed by atoms with van der Waals surface area (Å²) in [5, 5.41) is 34.5. The highest BCUT2D eigenvalue weighted by atomic mass is 16.7. The first-order valence-electron chi connectivity index (χ1n) is 12.0. The molecule has 0 saturated carbocycles. The van der Waals surface area contributed by atoms with Gasteiger partial charge in [-0.2, -0.15) is 0 Å². The third-order valence-corrected chi connectivity index (χ3v) is 6.57. The summed E-state index contributed by atoms with van der Waals surface area (Å²) < 4.78 is 18.7. The van der Waals surface area contributed by atoms with Gasteiger partial charge in [0, 0.05) is 31.8 Å². The minimum Gasteiger partial charge on any atom is -0.388 e. The lowest BCUT2D eigenvalue weighted by Gasteiger charge is -2.28. The third kappa shape index (κ3) is 6.10. The summed E-state index contributed by atoms with van der Waals surface area (Å²) in [5.41, 5.74) is 6.70. The first-order valence-corrected chi connectivity index (χ1v) is 12.0. The van der Waals surface area contributed by atoms with E-state index in [9.17, 15) is 24.9 Å². The van der Waals surface area contributed by atoms with E-state index in [1.165, 1.54) is 23.4 Å². The number of aryl methyl sites for hydroxylation is 1. The molecule has 12 nitrogen and oxygen atoms in total. The fourth-order valence-corrected chi connectivity index (χ4v) is 4.49. The quantitative estimate of drug-likeness (QED) is 0.200. The number of H-pyrrole nitrogens is 1. The van der Waals surface area contributed by atoms with Gasteiger partial charge in [-0.05, 0) is 25.5 Å². The first kappa shape index (κ1) is 26.6. The van der Waals surface area contributed by atoms with Crippen molar-refractivity contribution in [3.63, 3.8) is 0 Å². The second-order valence-corrected chi connectivity index (χ2v) is 9.26. The molecule has 2 aliphatic rings. The van der Waals surface area contributed by atoms with E-state index in [4.69, 9.17) is 19.9 Å². The molecule has 198 valence electrons. The highest BCUT2D eigenvalue weighted by Gasteiger charge is 2.46. The molecule has 8 atom stereocenters. The fourth-order valence-electron chi connectivity index (χ4n) is 4.49. The summed E-state index contributed by atoms with van der Waals surface area (Å²) in [6.07, 6.45) is -5.72. The molecule has 4 rings (SSSR count). The Labute approximate surface area is 207 Å². The lowest BCUT2D eigenvalue weighted by Crippen LogP contribution is -2.44. The van der Waals surface area contributed by atoms with Gasteiger partial charge in [-0.15, -0.1) is 0 Å². The molecule has 0 unspecified atom stereocenters. The average Bonchev–Trinajstić information content (AvgIpc) is 3.36. The van der Waals surface area contributed by atoms with Crippen molar-refractivity contribution in [3.05, 3.63) is 68.5 Å². The van der Waals surface area contributed by atoms with Crippen LogP contribution in [0.2, 0.25) is 0 Å². The van der Waals surface area contributed by atoms with Gasteiger partial charge in [0.1, 0.15) is 24.4 Å². The predicted molar refractivity (Wildman–Crippen MR) is 128 cm³/mol. The molecular formula is C24H34N4O8. The van der Waals surface area contributed by atoms with Crippen LogP contribution in [0.15, 0.2) is 46.1 Å². The van der Waals surface area contributed by atoms with Gasteiger partial charge in [0.05, 0.1) is 12.2 Å². The van der Waals surface area contributed by atoms with Gasteiger partial charge in [0.25, 0.3) is 5.56 Å². The first-order chi connectivity index (χ1) is 17.3. The molecular weight excluding hydrogens is 472 g/mol. The largest absolute Gasteiger partial charge is 0.388 e. The van der Waals surface area contributed by atoms with Crippen molar-refractivity contribution in [2.24, 2.45) is 5.73 Å². The van der Waals surface area contributed by atoms with E-state index in [2.05, 4.69) is 22.4 Å². The van der Waals surface area contributed by atoms with Crippen molar-refractivity contribution >= 4 is 0 Å². The Hall–Kier alpha value is -2.42. The summed E-state index contributed by atoms with van der Waals surface area (Å²) in [6, 6.07) is 9.39. The zero-order valence-corrected chi connectivity index (χ0v) is 20.0. The molecule has 2 aromatic rings. The molecule has 7 N–H and O–H groups in total. The van der Waals surface area contributed by atoms with Crippen LogP contribution in [0.3, 0.4) is 0 Å². The molecule has 0 radical (unpaired) electrons. The molecule has 3 heterocycles. The standard InChI is InChI=1S/C24H34N4O8/c1-13-2-4-14(5-3-13)6-8-26-12-18(36-23-21(32)20(31)17(11-25)35-23)16-10-15(29)22(34-16)28-9-7-19(30)27-24(28)33/h2-5,7,9,15-18,20-23,26,29,31-32H,6,8,10-12,25H2,1H3,(H,27,30,33)/t15-,16+,17-,18+,20-,21-,22-,23+/m1/s1. The van der Waals surface area contributed by atoms with Crippen LogP contribution in [-0.4, -0.2) is 87.4 Å². The normalized spacial score (nSPS) is 31.1. The Bertz CT molecular complexity index is 1110. The molecule has 0 spiro atoms. The Morgan fingerprint density at radius 1 is 1.17 bits per heavy atom. The number of ether oxygens (including phenoxy) is 3. The number of hydrogen-bond acceptors (Lipinski definition) is 10. The summed E-state index contributed by atoms with van der Waals surface area (Å²) in [4.78, 5) is 25.8. The molecule has 36 heavy (non-hydrogen) atoms. The zero-order valence-electron chi connectivity index (χ0n) is 20.0. The van der Waals surface area contributed by atoms with Crippen molar-refractivity contribution in [2.45, 2.75) is 68.9 Å². The van der Waals surface area contributed by atoms with E-state index in [0.717, 1.165) is 11.0 Å². The maximum Gasteiger partial charge on any atom is 0.330 e. The number of aliphatic hydroxyl groups excluding tert-OH is 3. The Kier molecular flexibility index (Phi) is 8.70. The van der Waals surface area contributed by atoms with Gasteiger partial charge in [0.2, 0.25) is 0 Å². The lowest BCUT2D eigenvalue weighted by molar-refractivity contribution is -0.213. The number of rotatable bonds is 10. The van der Waals surface area contributed by atoms with Crippen LogP contribution in [0.1, 0.15) is 23.8 Å². The second kappa shape index (κ2) is 11.8. The molecule has 0 bridgehead atoms. The topological polar surface area (TPSA) is 181 Å². The molecule has 2 saturated heterocycles. The molecule has 2 fully saturated rings. The number of nitrogens with one attached hydrogen (secondary N) is 2. The van der Waals surface area contributed by atoms with Crippen molar-refractivity contribution in [1.82, 2.24) is 14.9 Å². The van der Waals surface area contributed by atoms with E-state index in [0.29, 0.717) is 6.54 Å². The fraction of sp³-hybridized carbons (Fsp3) is 0.583. The van der Waals surface area contributed by atoms with E-state index in [-0.39, 0.29) is 19.5 Å². The monoisotopic (exact) mass is 506 g/mol. The predicted octanol–water partition coefficient (Wildman–Crippen LogP) is -1.88. The van der Waals surface area contributed by atoms with E-state index in [1.54, 1.807) is 0 Å². The number of nitrogens with two attached hydrogens (primary N) is 1. The average molecular weight is 507 g/mol. The third-order valence-electron chi connectivity index (χ3n) is 6.57. The van der Waals surface area contributed by atoms with E-state index >= 15 is 0 Å². The van der Waals surface area contributed by atoms with Crippen LogP contribution in [0.4, 0.5) is 0 Å². The lowest BCUT2D eigenvalue weighted by atomic mass is 10.1. The molecule has 2 aliphatic heterocycles. The summed E-state index contributed by atoms with van der Waals surface area (Å²) >= 11 is 0. The van der Waals surface area contributed by atoms with Crippen molar-refractivity contribution in [3.8, 4) is 0 Å². The summed E-state index contributed by atoms with van der Waals surface area (Å²) in [7, 11) is 0. The van der Waals surface area contributed by atoms with Crippen LogP contribution in [0, 0.1) is 6.92 Å². The van der Waals surface area contributed by atoms with Crippen molar-refractivity contribution < 1.29 is 29.5 Å². The Balaban J connectivity index is 1.44. The van der Waals surface area contributed by atoms with Crippen LogP contribution < -0.4 is 22.3 Å². The van der Waals surface area contributed by atoms with Gasteiger partial charge in [-0.1, -0.05) is 29.8 Å². The number of aliphatic hydroxyl groups is 3. The second-order valence-electron chi connectivity index (χ2n) is 9.26. The molecule has 0 amide bonds. The number of benzene rings is 1. The highest BCUT2D eigenvalue weighted by molar-refractivity contribution is 5.21. The maximum atomic E-state index is 12.2.